The molecule has 6 aromatic rings. The van der Waals surface area contributed by atoms with E-state index in [0.29, 0.717) is 12.8 Å². The van der Waals surface area contributed by atoms with Gasteiger partial charge in [-0.2, -0.15) is 12.1 Å². The normalized spacial score (nSPS) is 10.9. The van der Waals surface area contributed by atoms with Crippen LogP contribution in [0.5, 0.6) is 0 Å². The molecule has 6 rings (SSSR count). The van der Waals surface area contributed by atoms with Gasteiger partial charge in [0, 0.05) is 12.8 Å². The van der Waals surface area contributed by atoms with Crippen molar-refractivity contribution >= 4 is 57.9 Å². The topological polar surface area (TPSA) is 58.2 Å². The molecule has 0 aliphatic rings. The molecular weight excluding hydrogens is 809 g/mol. The number of fused-ring (bicyclic) bond motifs is 2. The van der Waals surface area contributed by atoms with Crippen molar-refractivity contribution in [3.05, 3.63) is 130 Å². The van der Waals surface area contributed by atoms with Crippen LogP contribution in [-0.2, 0) is 41.3 Å². The van der Waals surface area contributed by atoms with Gasteiger partial charge in [-0.05, 0) is 71.9 Å². The molecule has 0 spiro atoms. The first-order valence-corrected chi connectivity index (χ1v) is 25.6. The van der Waals surface area contributed by atoms with Crippen molar-refractivity contribution in [3.8, 4) is 22.3 Å². The van der Waals surface area contributed by atoms with Crippen LogP contribution in [0.15, 0.2) is 97.1 Å². The van der Waals surface area contributed by atoms with E-state index in [4.69, 9.17) is 17.0 Å². The standard InChI is InChI=1S/2C21H23.C6H12BN2O2.2ClH.Zr/c2*1-14-8-6-10-18(15(14)2)19-11-7-9-16-12-17(13-20(16)19)21(3,4)5;1-3-5(10)8-7-9-6(11)4-2;;;/h2*6-13H,1-5H3;3-4H2,1-2H3,(H,8,10)(H,9,11);2*1H;/q2*-1;;;;+4/p-2. The fourth-order valence-electron chi connectivity index (χ4n) is 6.29. The Kier molecular flexibility index (Phi) is 17.9. The number of amides is 2. The Morgan fingerprint density at radius 1 is 0.589 bits per heavy atom. The van der Waals surface area contributed by atoms with Crippen LogP contribution >= 0.6 is 17.0 Å². The van der Waals surface area contributed by atoms with Crippen molar-refractivity contribution in [1.29, 1.82) is 0 Å². The van der Waals surface area contributed by atoms with Gasteiger partial charge in [0.1, 0.15) is 0 Å². The molecule has 0 bridgehead atoms. The third-order valence-corrected chi connectivity index (χ3v) is 10.1. The summed E-state index contributed by atoms with van der Waals surface area (Å²) in [5.41, 5.74) is 14.1. The zero-order chi connectivity index (χ0) is 41.8. The summed E-state index contributed by atoms with van der Waals surface area (Å²) in [7, 11) is 11.1. The molecule has 8 heteroatoms. The Balaban J connectivity index is 0.000000228. The van der Waals surface area contributed by atoms with Crippen LogP contribution in [0.1, 0.15) is 102 Å². The summed E-state index contributed by atoms with van der Waals surface area (Å²) < 4.78 is 0. The van der Waals surface area contributed by atoms with Gasteiger partial charge in [-0.25, -0.2) is 0 Å². The SMILES string of the molecule is CCC(=O)N[B]NC(=O)CC.Cc1cccc(-c2cccc3[cH-]c(C(C)(C)C)cc23)c1C.Cc1cccc(-c2cccc3[cH-]c(C(C)(C)C)cc23)c1C.[Cl][Zr+2][Cl]. The third-order valence-electron chi connectivity index (χ3n) is 10.1. The van der Waals surface area contributed by atoms with E-state index < -0.39 is 20.8 Å². The monoisotopic (exact) mass is 865 g/mol. The average molecular weight is 868 g/mol. The van der Waals surface area contributed by atoms with E-state index in [9.17, 15) is 9.59 Å². The van der Waals surface area contributed by atoms with Crippen LogP contribution in [0.4, 0.5) is 0 Å². The molecule has 1 radical (unpaired) electrons. The second-order valence-corrected chi connectivity index (χ2v) is 19.9. The molecule has 2 amide bonds. The minimum atomic E-state index is -0.826. The number of benzene rings is 4. The summed E-state index contributed by atoms with van der Waals surface area (Å²) in [6.45, 7) is 26.0. The molecule has 0 saturated carbocycles. The Morgan fingerprint density at radius 3 is 1.23 bits per heavy atom. The van der Waals surface area contributed by atoms with Crippen LogP contribution in [0.25, 0.3) is 43.8 Å². The average Bonchev–Trinajstić information content (AvgIpc) is 3.81. The van der Waals surface area contributed by atoms with E-state index >= 15 is 0 Å². The number of aryl methyl sites for hydroxylation is 2. The first-order valence-electron chi connectivity index (χ1n) is 19.3. The quantitative estimate of drug-likeness (QED) is 0.129. The van der Waals surface area contributed by atoms with Crippen molar-refractivity contribution in [2.24, 2.45) is 0 Å². The van der Waals surface area contributed by atoms with Crippen LogP contribution in [0.3, 0.4) is 0 Å². The Labute approximate surface area is 355 Å². The summed E-state index contributed by atoms with van der Waals surface area (Å²) in [5, 5.41) is 10.2. The number of halogens is 2. The number of hydrogen-bond acceptors (Lipinski definition) is 2. The molecule has 0 aromatic heterocycles. The summed E-state index contributed by atoms with van der Waals surface area (Å²) in [6.07, 6.45) is 0.830. The molecule has 293 valence electrons. The predicted molar refractivity (Wildman–Crippen MR) is 241 cm³/mol. The molecule has 56 heavy (non-hydrogen) atoms. The minimum absolute atomic E-state index is 0.110. The molecule has 0 saturated heterocycles. The maximum atomic E-state index is 10.6. The molecule has 0 heterocycles. The molecular formula is C48H58BCl2N2O2Zr. The zero-order valence-corrected chi connectivity index (χ0v) is 39.3. The molecule has 0 fully saturated rings. The number of carbonyl (C=O) groups is 2. The number of rotatable bonds is 6. The van der Waals surface area contributed by atoms with E-state index in [-0.39, 0.29) is 22.6 Å². The van der Waals surface area contributed by atoms with Crippen molar-refractivity contribution in [1.82, 2.24) is 10.5 Å². The van der Waals surface area contributed by atoms with Gasteiger partial charge >= 0.3 is 45.4 Å². The summed E-state index contributed by atoms with van der Waals surface area (Å²) in [5.74, 6) is -0.220. The predicted octanol–water partition coefficient (Wildman–Crippen LogP) is 13.2. The van der Waals surface area contributed by atoms with Crippen molar-refractivity contribution in [2.75, 3.05) is 0 Å². The van der Waals surface area contributed by atoms with Crippen molar-refractivity contribution < 1.29 is 30.4 Å². The van der Waals surface area contributed by atoms with E-state index in [1.165, 1.54) is 84.7 Å². The van der Waals surface area contributed by atoms with Crippen LogP contribution < -0.4 is 10.5 Å². The number of hydrogen-bond donors (Lipinski definition) is 2. The fourth-order valence-corrected chi connectivity index (χ4v) is 6.29. The van der Waals surface area contributed by atoms with Gasteiger partial charge in [-0.3, -0.25) is 9.59 Å². The zero-order valence-electron chi connectivity index (χ0n) is 35.3. The van der Waals surface area contributed by atoms with E-state index in [2.05, 4.69) is 177 Å². The van der Waals surface area contributed by atoms with Gasteiger partial charge in [0.2, 0.25) is 11.8 Å². The van der Waals surface area contributed by atoms with Gasteiger partial charge in [0.15, 0.2) is 0 Å². The van der Waals surface area contributed by atoms with Crippen molar-refractivity contribution in [2.45, 2.75) is 107 Å². The molecule has 0 aliphatic heterocycles. The first kappa shape index (κ1) is 46.9. The molecule has 2 N–H and O–H groups in total. The second-order valence-electron chi connectivity index (χ2n) is 16.2. The summed E-state index contributed by atoms with van der Waals surface area (Å²) >= 11 is -0.826. The summed E-state index contributed by atoms with van der Waals surface area (Å²) in [6, 6.07) is 35.8. The van der Waals surface area contributed by atoms with Crippen molar-refractivity contribution in [3.63, 3.8) is 0 Å². The number of carbonyl (C=O) groups excluding carboxylic acids is 2. The Hall–Kier alpha value is -3.43. The maximum absolute atomic E-state index is 10.6. The van der Waals surface area contributed by atoms with E-state index in [1.807, 2.05) is 0 Å². The van der Waals surface area contributed by atoms with Gasteiger partial charge < -0.3 is 10.5 Å². The first-order chi connectivity index (χ1) is 26.4. The van der Waals surface area contributed by atoms with Gasteiger partial charge in [-0.15, -0.1) is 69.1 Å². The summed E-state index contributed by atoms with van der Waals surface area (Å²) in [4.78, 5) is 21.2. The van der Waals surface area contributed by atoms with Crippen LogP contribution in [0.2, 0.25) is 0 Å². The van der Waals surface area contributed by atoms with E-state index in [0.717, 1.165) is 0 Å². The number of nitrogens with one attached hydrogen (secondary N) is 2. The Morgan fingerprint density at radius 2 is 0.911 bits per heavy atom. The molecule has 0 aliphatic carbocycles. The van der Waals surface area contributed by atoms with Gasteiger partial charge in [0.25, 0.3) is 0 Å². The molecule has 0 unspecified atom stereocenters. The van der Waals surface area contributed by atoms with Crippen LogP contribution in [-0.4, -0.2) is 19.4 Å². The van der Waals surface area contributed by atoms with Gasteiger partial charge in [0.05, 0.1) is 0 Å². The Bertz CT molecular complexity index is 2070. The van der Waals surface area contributed by atoms with E-state index in [1.54, 1.807) is 13.8 Å². The molecule has 4 nitrogen and oxygen atoms in total. The fraction of sp³-hybridized carbons (Fsp3) is 0.333. The molecule has 6 aromatic carbocycles. The van der Waals surface area contributed by atoms with Crippen LogP contribution in [0, 0.1) is 27.7 Å². The molecule has 0 atom stereocenters. The second kappa shape index (κ2) is 21.4. The van der Waals surface area contributed by atoms with Gasteiger partial charge in [-0.1, -0.05) is 115 Å². The third kappa shape index (κ3) is 12.8.